The maximum atomic E-state index is 11.5. The van der Waals surface area contributed by atoms with Crippen molar-refractivity contribution in [1.82, 2.24) is 5.32 Å². The number of esters is 1. The van der Waals surface area contributed by atoms with Gasteiger partial charge in [-0.1, -0.05) is 18.7 Å². The molecule has 0 aromatic heterocycles. The van der Waals surface area contributed by atoms with E-state index in [4.69, 9.17) is 10.5 Å². The van der Waals surface area contributed by atoms with Crippen molar-refractivity contribution in [2.75, 3.05) is 12.3 Å². The lowest BCUT2D eigenvalue weighted by atomic mass is 10.2. The highest BCUT2D eigenvalue weighted by Crippen LogP contribution is 2.04. The second-order valence-corrected chi connectivity index (χ2v) is 4.18. The highest BCUT2D eigenvalue weighted by Gasteiger charge is 2.06. The molecule has 1 amide bonds. The Morgan fingerprint density at radius 2 is 1.95 bits per heavy atom. The molecule has 1 rings (SSSR count). The zero-order valence-electron chi connectivity index (χ0n) is 10.9. The highest BCUT2D eigenvalue weighted by molar-refractivity contribution is 5.87. The van der Waals surface area contributed by atoms with Gasteiger partial charge in [-0.2, -0.15) is 0 Å². The van der Waals surface area contributed by atoms with E-state index in [1.807, 2.05) is 12.1 Å². The monoisotopic (exact) mass is 262 g/mol. The summed E-state index contributed by atoms with van der Waals surface area (Å²) in [6.45, 7) is 5.49. The Balaban J connectivity index is 2.23. The lowest BCUT2D eigenvalue weighted by Gasteiger charge is -2.06. The maximum Gasteiger partial charge on any atom is 0.333 e. The highest BCUT2D eigenvalue weighted by atomic mass is 16.5. The molecule has 0 fully saturated rings. The van der Waals surface area contributed by atoms with Gasteiger partial charge in [0.1, 0.15) is 6.61 Å². The van der Waals surface area contributed by atoms with Crippen molar-refractivity contribution in [3.05, 3.63) is 42.0 Å². The van der Waals surface area contributed by atoms with Crippen molar-refractivity contribution in [2.45, 2.75) is 19.9 Å². The molecule has 0 spiro atoms. The van der Waals surface area contributed by atoms with Crippen LogP contribution in [0.3, 0.4) is 0 Å². The molecule has 0 aliphatic rings. The summed E-state index contributed by atoms with van der Waals surface area (Å²) in [5.41, 5.74) is 7.52. The Morgan fingerprint density at radius 1 is 1.32 bits per heavy atom. The van der Waals surface area contributed by atoms with Gasteiger partial charge in [0.2, 0.25) is 5.91 Å². The van der Waals surface area contributed by atoms with E-state index in [1.165, 1.54) is 0 Å². The lowest BCUT2D eigenvalue weighted by Crippen LogP contribution is -2.24. The molecule has 0 radical (unpaired) electrons. The van der Waals surface area contributed by atoms with Crippen LogP contribution in [-0.2, 0) is 20.9 Å². The molecule has 5 nitrogen and oxygen atoms in total. The molecule has 0 aliphatic carbocycles. The van der Waals surface area contributed by atoms with Gasteiger partial charge in [-0.3, -0.25) is 4.79 Å². The van der Waals surface area contributed by atoms with Gasteiger partial charge < -0.3 is 15.8 Å². The molecule has 0 atom stereocenters. The molecule has 0 saturated carbocycles. The number of carbonyl (C=O) groups is 2. The number of nitrogen functional groups attached to an aromatic ring is 1. The van der Waals surface area contributed by atoms with E-state index >= 15 is 0 Å². The van der Waals surface area contributed by atoms with Gasteiger partial charge >= 0.3 is 5.97 Å². The quantitative estimate of drug-likeness (QED) is 0.461. The number of carbonyl (C=O) groups excluding carboxylic acids is 2. The third-order valence-corrected chi connectivity index (χ3v) is 2.38. The van der Waals surface area contributed by atoms with Crippen molar-refractivity contribution >= 4 is 17.6 Å². The Morgan fingerprint density at radius 3 is 2.53 bits per heavy atom. The number of anilines is 1. The van der Waals surface area contributed by atoms with E-state index in [0.29, 0.717) is 17.8 Å². The topological polar surface area (TPSA) is 81.4 Å². The average Bonchev–Trinajstić information content (AvgIpc) is 2.37. The van der Waals surface area contributed by atoms with Crippen LogP contribution in [0.5, 0.6) is 0 Å². The molecule has 102 valence electrons. The van der Waals surface area contributed by atoms with E-state index in [1.54, 1.807) is 19.1 Å². The molecule has 5 heteroatoms. The van der Waals surface area contributed by atoms with Crippen LogP contribution in [0, 0.1) is 0 Å². The number of benzene rings is 1. The van der Waals surface area contributed by atoms with Gasteiger partial charge in [-0.25, -0.2) is 4.79 Å². The average molecular weight is 262 g/mol. The molecule has 0 unspecified atom stereocenters. The third-order valence-electron chi connectivity index (χ3n) is 2.38. The summed E-state index contributed by atoms with van der Waals surface area (Å²) < 4.78 is 4.83. The number of nitrogens with one attached hydrogen (secondary N) is 1. The van der Waals surface area contributed by atoms with Gasteiger partial charge in [0.25, 0.3) is 0 Å². The molecule has 0 aliphatic heterocycles. The van der Waals surface area contributed by atoms with Gasteiger partial charge in [0.15, 0.2) is 0 Å². The molecule has 19 heavy (non-hydrogen) atoms. The number of rotatable bonds is 6. The second kappa shape index (κ2) is 7.20. The fraction of sp³-hybridized carbons (Fsp3) is 0.286. The normalized spacial score (nSPS) is 9.74. The third kappa shape index (κ3) is 5.72. The van der Waals surface area contributed by atoms with Crippen LogP contribution in [0.1, 0.15) is 18.9 Å². The van der Waals surface area contributed by atoms with Crippen molar-refractivity contribution in [2.24, 2.45) is 0 Å². The van der Waals surface area contributed by atoms with Gasteiger partial charge in [0.05, 0.1) is 6.42 Å². The van der Waals surface area contributed by atoms with Crippen LogP contribution in [0.4, 0.5) is 5.69 Å². The van der Waals surface area contributed by atoms with Gasteiger partial charge in [0, 0.05) is 17.8 Å². The van der Waals surface area contributed by atoms with E-state index < -0.39 is 5.97 Å². The first-order valence-electron chi connectivity index (χ1n) is 5.93. The molecule has 3 N–H and O–H groups in total. The molecule has 1 aromatic carbocycles. The smallest absolute Gasteiger partial charge is 0.333 e. The minimum atomic E-state index is -0.480. The molecule has 1 aromatic rings. The van der Waals surface area contributed by atoms with Crippen molar-refractivity contribution < 1.29 is 14.3 Å². The zero-order chi connectivity index (χ0) is 14.3. The van der Waals surface area contributed by atoms with Crippen LogP contribution in [0.2, 0.25) is 0 Å². The van der Waals surface area contributed by atoms with Crippen LogP contribution < -0.4 is 11.1 Å². The molecule has 0 saturated heterocycles. The van der Waals surface area contributed by atoms with E-state index in [0.717, 1.165) is 5.56 Å². The first kappa shape index (κ1) is 14.8. The molecule has 0 heterocycles. The largest absolute Gasteiger partial charge is 0.462 e. The van der Waals surface area contributed by atoms with E-state index in [2.05, 4.69) is 11.9 Å². The van der Waals surface area contributed by atoms with Crippen molar-refractivity contribution in [1.29, 1.82) is 0 Å². The predicted octanol–water partition coefficient (Wildman–Crippen LogP) is 1.39. The summed E-state index contributed by atoms with van der Waals surface area (Å²) in [5.74, 6) is -0.655. The Labute approximate surface area is 112 Å². The lowest BCUT2D eigenvalue weighted by molar-refractivity contribution is -0.139. The molecule has 0 bridgehead atoms. The molecular weight excluding hydrogens is 244 g/mol. The summed E-state index contributed by atoms with van der Waals surface area (Å²) in [7, 11) is 0. The summed E-state index contributed by atoms with van der Waals surface area (Å²) in [5, 5.41) is 2.73. The fourth-order valence-electron chi connectivity index (χ4n) is 1.28. The van der Waals surface area contributed by atoms with Gasteiger partial charge in [-0.05, 0) is 24.6 Å². The van der Waals surface area contributed by atoms with E-state index in [-0.39, 0.29) is 18.9 Å². The summed E-state index contributed by atoms with van der Waals surface area (Å²) in [6.07, 6.45) is 0.133. The minimum Gasteiger partial charge on any atom is -0.462 e. The number of ether oxygens (including phenoxy) is 1. The van der Waals surface area contributed by atoms with Crippen molar-refractivity contribution in [3.8, 4) is 0 Å². The zero-order valence-corrected chi connectivity index (χ0v) is 10.9. The van der Waals surface area contributed by atoms with E-state index in [9.17, 15) is 9.59 Å². The van der Waals surface area contributed by atoms with Crippen LogP contribution in [0.25, 0.3) is 0 Å². The summed E-state index contributed by atoms with van der Waals surface area (Å²) in [6, 6.07) is 7.24. The standard InChI is InChI=1S/C14H18N2O3/c1-10(2)14(18)19-8-7-13(17)16-9-11-3-5-12(15)6-4-11/h3-6H,1,7-9,15H2,2H3,(H,16,17). The Kier molecular flexibility index (Phi) is 5.60. The summed E-state index contributed by atoms with van der Waals surface area (Å²) in [4.78, 5) is 22.6. The Hall–Kier alpha value is -2.30. The summed E-state index contributed by atoms with van der Waals surface area (Å²) >= 11 is 0. The Bertz CT molecular complexity index is 466. The number of amides is 1. The van der Waals surface area contributed by atoms with Gasteiger partial charge in [-0.15, -0.1) is 0 Å². The number of hydrogen-bond donors (Lipinski definition) is 2. The predicted molar refractivity (Wildman–Crippen MR) is 73.1 cm³/mol. The number of nitrogens with two attached hydrogens (primary N) is 1. The van der Waals surface area contributed by atoms with Crippen LogP contribution >= 0.6 is 0 Å². The first-order valence-corrected chi connectivity index (χ1v) is 5.93. The number of hydrogen-bond acceptors (Lipinski definition) is 4. The minimum absolute atomic E-state index is 0.0548. The SMILES string of the molecule is C=C(C)C(=O)OCCC(=O)NCc1ccc(N)cc1. The second-order valence-electron chi connectivity index (χ2n) is 4.18. The van der Waals surface area contributed by atoms with Crippen LogP contribution in [-0.4, -0.2) is 18.5 Å². The molecular formula is C14H18N2O3. The maximum absolute atomic E-state index is 11.5. The van der Waals surface area contributed by atoms with Crippen LogP contribution in [0.15, 0.2) is 36.4 Å². The fourth-order valence-corrected chi connectivity index (χ4v) is 1.28. The van der Waals surface area contributed by atoms with Crippen molar-refractivity contribution in [3.63, 3.8) is 0 Å². The first-order chi connectivity index (χ1) is 8.99.